The van der Waals surface area contributed by atoms with Crippen molar-refractivity contribution >= 4 is 11.9 Å². The molecule has 3 aliphatic rings. The average Bonchev–Trinajstić information content (AvgIpc) is 3.34. The van der Waals surface area contributed by atoms with Crippen molar-refractivity contribution in [1.29, 1.82) is 0 Å². The van der Waals surface area contributed by atoms with E-state index in [2.05, 4.69) is 15.2 Å². The number of likely N-dealkylation sites (tertiary alicyclic amines) is 1. The Bertz CT molecular complexity index is 528. The van der Waals surface area contributed by atoms with E-state index < -0.39 is 5.79 Å². The number of rotatable bonds is 5. The minimum Gasteiger partial charge on any atom is -0.376 e. The lowest BCUT2D eigenvalue weighted by Crippen LogP contribution is -2.53. The number of likely N-dealkylation sites (N-methyl/N-ethyl adjacent to an activating group) is 1. The molecule has 2 unspecified atom stereocenters. The molecule has 0 aromatic carbocycles. The SMILES string of the molecule is CN(C)C(=O)CN=C(NCC1CCCO1)N1CCCC(C2(C)OCCO2)C1. The van der Waals surface area contributed by atoms with E-state index in [-0.39, 0.29) is 24.5 Å². The van der Waals surface area contributed by atoms with Crippen LogP contribution in [0.2, 0.25) is 0 Å². The Morgan fingerprint density at radius 1 is 1.22 bits per heavy atom. The van der Waals surface area contributed by atoms with E-state index in [1.807, 2.05) is 6.92 Å². The van der Waals surface area contributed by atoms with Gasteiger partial charge in [0.2, 0.25) is 5.91 Å². The Morgan fingerprint density at radius 2 is 2.00 bits per heavy atom. The number of carbonyl (C=O) groups is 1. The van der Waals surface area contributed by atoms with E-state index in [0.29, 0.717) is 13.2 Å². The van der Waals surface area contributed by atoms with Crippen LogP contribution in [0.15, 0.2) is 4.99 Å². The Hall–Kier alpha value is -1.38. The van der Waals surface area contributed by atoms with Gasteiger partial charge in [0.15, 0.2) is 11.7 Å². The molecule has 3 aliphatic heterocycles. The molecule has 3 rings (SSSR count). The van der Waals surface area contributed by atoms with E-state index >= 15 is 0 Å². The highest BCUT2D eigenvalue weighted by atomic mass is 16.7. The summed E-state index contributed by atoms with van der Waals surface area (Å²) in [6.45, 7) is 6.78. The monoisotopic (exact) mass is 382 g/mol. The molecule has 2 atom stereocenters. The van der Waals surface area contributed by atoms with Crippen LogP contribution < -0.4 is 5.32 Å². The lowest BCUT2D eigenvalue weighted by atomic mass is 9.90. The number of nitrogens with one attached hydrogen (secondary N) is 1. The van der Waals surface area contributed by atoms with Crippen LogP contribution in [-0.2, 0) is 19.0 Å². The van der Waals surface area contributed by atoms with Gasteiger partial charge >= 0.3 is 0 Å². The number of aliphatic imine (C=N–C) groups is 1. The van der Waals surface area contributed by atoms with Crippen LogP contribution in [0.25, 0.3) is 0 Å². The van der Waals surface area contributed by atoms with Crippen LogP contribution in [0, 0.1) is 5.92 Å². The maximum Gasteiger partial charge on any atom is 0.243 e. The summed E-state index contributed by atoms with van der Waals surface area (Å²) in [7, 11) is 3.51. The number of piperidine rings is 1. The second-order valence-corrected chi connectivity index (χ2v) is 7.94. The van der Waals surface area contributed by atoms with Crippen LogP contribution in [-0.4, -0.2) is 93.7 Å². The van der Waals surface area contributed by atoms with Gasteiger partial charge in [0.1, 0.15) is 6.54 Å². The van der Waals surface area contributed by atoms with Crippen molar-refractivity contribution in [2.75, 3.05) is 60.1 Å². The molecule has 0 aliphatic carbocycles. The van der Waals surface area contributed by atoms with Crippen LogP contribution in [0.1, 0.15) is 32.6 Å². The standard InChI is InChI=1S/C19H34N4O4/c1-19(26-10-11-27-19)15-6-4-8-23(14-15)18(21-13-17(24)22(2)3)20-12-16-7-5-9-25-16/h15-16H,4-14H2,1-3H3,(H,20,21). The van der Waals surface area contributed by atoms with Gasteiger partial charge < -0.3 is 29.3 Å². The normalized spacial score (nSPS) is 28.4. The first kappa shape index (κ1) is 20.4. The molecule has 8 heteroatoms. The van der Waals surface area contributed by atoms with E-state index in [1.54, 1.807) is 19.0 Å². The predicted molar refractivity (Wildman–Crippen MR) is 103 cm³/mol. The third-order valence-electron chi connectivity index (χ3n) is 5.70. The van der Waals surface area contributed by atoms with Gasteiger partial charge in [-0.15, -0.1) is 0 Å². The molecule has 3 heterocycles. The maximum atomic E-state index is 12.0. The van der Waals surface area contributed by atoms with Crippen molar-refractivity contribution in [2.45, 2.75) is 44.5 Å². The number of carbonyl (C=O) groups excluding carboxylic acids is 1. The van der Waals surface area contributed by atoms with Crippen LogP contribution in [0.4, 0.5) is 0 Å². The van der Waals surface area contributed by atoms with Crippen molar-refractivity contribution in [3.8, 4) is 0 Å². The van der Waals surface area contributed by atoms with Gasteiger partial charge in [-0.05, 0) is 32.6 Å². The summed E-state index contributed by atoms with van der Waals surface area (Å²) in [5, 5.41) is 3.45. The summed E-state index contributed by atoms with van der Waals surface area (Å²) < 4.78 is 17.5. The van der Waals surface area contributed by atoms with Crippen molar-refractivity contribution in [2.24, 2.45) is 10.9 Å². The number of hydrogen-bond acceptors (Lipinski definition) is 5. The van der Waals surface area contributed by atoms with Gasteiger partial charge in [-0.2, -0.15) is 0 Å². The summed E-state index contributed by atoms with van der Waals surface area (Å²) in [4.78, 5) is 20.4. The second-order valence-electron chi connectivity index (χ2n) is 7.94. The number of nitrogens with zero attached hydrogens (tertiary/aromatic N) is 3. The van der Waals surface area contributed by atoms with Gasteiger partial charge in [-0.1, -0.05) is 0 Å². The third-order valence-corrected chi connectivity index (χ3v) is 5.70. The van der Waals surface area contributed by atoms with Gasteiger partial charge in [0.05, 0.1) is 19.3 Å². The molecular formula is C19H34N4O4. The smallest absolute Gasteiger partial charge is 0.243 e. The molecule has 1 amide bonds. The van der Waals surface area contributed by atoms with Crippen molar-refractivity contribution < 1.29 is 19.0 Å². The molecule has 0 radical (unpaired) electrons. The van der Waals surface area contributed by atoms with E-state index in [0.717, 1.165) is 57.9 Å². The number of ether oxygens (including phenoxy) is 3. The first-order valence-electron chi connectivity index (χ1n) is 10.1. The maximum absolute atomic E-state index is 12.0. The highest BCUT2D eigenvalue weighted by Crippen LogP contribution is 2.34. The average molecular weight is 383 g/mol. The highest BCUT2D eigenvalue weighted by Gasteiger charge is 2.42. The molecule has 3 saturated heterocycles. The fourth-order valence-corrected chi connectivity index (χ4v) is 3.93. The summed E-state index contributed by atoms with van der Waals surface area (Å²) >= 11 is 0. The first-order chi connectivity index (χ1) is 13.0. The van der Waals surface area contributed by atoms with E-state index in [1.165, 1.54) is 0 Å². The molecule has 0 aromatic rings. The highest BCUT2D eigenvalue weighted by molar-refractivity contribution is 5.85. The fourth-order valence-electron chi connectivity index (χ4n) is 3.93. The zero-order valence-electron chi connectivity index (χ0n) is 16.9. The Balaban J connectivity index is 1.65. The molecule has 8 nitrogen and oxygen atoms in total. The van der Waals surface area contributed by atoms with Crippen molar-refractivity contribution in [3.63, 3.8) is 0 Å². The third kappa shape index (κ3) is 5.33. The number of amides is 1. The van der Waals surface area contributed by atoms with Gasteiger partial charge in [-0.25, -0.2) is 4.99 Å². The van der Waals surface area contributed by atoms with Crippen LogP contribution in [0.5, 0.6) is 0 Å². The van der Waals surface area contributed by atoms with Gasteiger partial charge in [0.25, 0.3) is 0 Å². The Morgan fingerprint density at radius 3 is 2.67 bits per heavy atom. The van der Waals surface area contributed by atoms with Gasteiger partial charge in [0, 0.05) is 46.3 Å². The zero-order chi connectivity index (χ0) is 19.3. The molecule has 0 bridgehead atoms. The zero-order valence-corrected chi connectivity index (χ0v) is 16.9. The molecule has 1 N–H and O–H groups in total. The van der Waals surface area contributed by atoms with Crippen LogP contribution in [0.3, 0.4) is 0 Å². The van der Waals surface area contributed by atoms with E-state index in [9.17, 15) is 4.79 Å². The molecular weight excluding hydrogens is 348 g/mol. The topological polar surface area (TPSA) is 75.6 Å². The fraction of sp³-hybridized carbons (Fsp3) is 0.895. The van der Waals surface area contributed by atoms with E-state index in [4.69, 9.17) is 14.2 Å². The second kappa shape index (κ2) is 9.21. The molecule has 0 spiro atoms. The molecule has 0 aromatic heterocycles. The first-order valence-corrected chi connectivity index (χ1v) is 10.1. The van der Waals surface area contributed by atoms with Crippen molar-refractivity contribution in [3.05, 3.63) is 0 Å². The summed E-state index contributed by atoms with van der Waals surface area (Å²) in [6.07, 6.45) is 4.52. The lowest BCUT2D eigenvalue weighted by Gasteiger charge is -2.41. The molecule has 0 saturated carbocycles. The quantitative estimate of drug-likeness (QED) is 0.557. The minimum absolute atomic E-state index is 0.00519. The Labute approximate surface area is 162 Å². The molecule has 154 valence electrons. The number of hydrogen-bond donors (Lipinski definition) is 1. The summed E-state index contributed by atoms with van der Waals surface area (Å²) in [6, 6.07) is 0. The van der Waals surface area contributed by atoms with Gasteiger partial charge in [-0.3, -0.25) is 4.79 Å². The largest absolute Gasteiger partial charge is 0.376 e. The lowest BCUT2D eigenvalue weighted by molar-refractivity contribution is -0.189. The molecule has 27 heavy (non-hydrogen) atoms. The summed E-state index contributed by atoms with van der Waals surface area (Å²) in [5.41, 5.74) is 0. The Kier molecular flexibility index (Phi) is 6.94. The summed E-state index contributed by atoms with van der Waals surface area (Å²) in [5.74, 6) is 0.548. The van der Waals surface area contributed by atoms with Crippen molar-refractivity contribution in [1.82, 2.24) is 15.1 Å². The van der Waals surface area contributed by atoms with Crippen LogP contribution >= 0.6 is 0 Å². The number of guanidine groups is 1. The minimum atomic E-state index is -0.516. The predicted octanol–water partition coefficient (Wildman–Crippen LogP) is 0.674. The molecule has 3 fully saturated rings.